The maximum atomic E-state index is 13.6. The first-order valence-electron chi connectivity index (χ1n) is 7.73. The fourth-order valence-corrected chi connectivity index (χ4v) is 2.22. The number of hydrogen-bond donors (Lipinski definition) is 1. The van der Waals surface area contributed by atoms with E-state index in [0.717, 1.165) is 0 Å². The Labute approximate surface area is 140 Å². The zero-order valence-electron chi connectivity index (χ0n) is 14.0. The van der Waals surface area contributed by atoms with Crippen molar-refractivity contribution in [2.75, 3.05) is 0 Å². The molecule has 0 aliphatic carbocycles. The van der Waals surface area contributed by atoms with Gasteiger partial charge in [0.15, 0.2) is 5.75 Å². The van der Waals surface area contributed by atoms with E-state index in [1.54, 1.807) is 29.7 Å². The van der Waals surface area contributed by atoms with Gasteiger partial charge in [-0.1, -0.05) is 18.2 Å². The number of pyridine rings is 1. The quantitative estimate of drug-likeness (QED) is 0.884. The van der Waals surface area contributed by atoms with Crippen LogP contribution >= 0.6 is 0 Å². The molecule has 0 aliphatic rings. The minimum atomic E-state index is -0.388. The molecule has 0 bridgehead atoms. The summed E-state index contributed by atoms with van der Waals surface area (Å²) in [7, 11) is 0. The summed E-state index contributed by atoms with van der Waals surface area (Å²) >= 11 is 0. The summed E-state index contributed by atoms with van der Waals surface area (Å²) < 4.78 is 20.7. The van der Waals surface area contributed by atoms with Crippen molar-refractivity contribution >= 4 is 5.91 Å². The van der Waals surface area contributed by atoms with E-state index in [1.807, 2.05) is 13.8 Å². The highest BCUT2D eigenvalue weighted by Gasteiger charge is 2.10. The molecular weight excluding hydrogens is 311 g/mol. The van der Waals surface area contributed by atoms with Crippen LogP contribution in [-0.4, -0.2) is 16.5 Å². The van der Waals surface area contributed by atoms with Crippen LogP contribution in [0.2, 0.25) is 0 Å². The van der Waals surface area contributed by atoms with Crippen LogP contribution in [-0.2, 0) is 17.9 Å². The second kappa shape index (κ2) is 7.77. The van der Waals surface area contributed by atoms with E-state index in [1.165, 1.54) is 18.3 Å². The SMILES string of the molecule is Cc1cc(=O)c(OCc2ccccc2F)cn1CC(=O)NC(C)C. The lowest BCUT2D eigenvalue weighted by molar-refractivity contribution is -0.122. The zero-order valence-corrected chi connectivity index (χ0v) is 14.0. The van der Waals surface area contributed by atoms with E-state index in [4.69, 9.17) is 4.74 Å². The van der Waals surface area contributed by atoms with E-state index in [-0.39, 0.29) is 42.1 Å². The molecule has 1 aromatic heterocycles. The zero-order chi connectivity index (χ0) is 17.7. The maximum Gasteiger partial charge on any atom is 0.240 e. The van der Waals surface area contributed by atoms with Crippen molar-refractivity contribution in [1.82, 2.24) is 9.88 Å². The lowest BCUT2D eigenvalue weighted by atomic mass is 10.2. The molecule has 1 aromatic carbocycles. The Morgan fingerprint density at radius 1 is 1.33 bits per heavy atom. The summed E-state index contributed by atoms with van der Waals surface area (Å²) in [6, 6.07) is 7.66. The molecule has 5 nitrogen and oxygen atoms in total. The monoisotopic (exact) mass is 332 g/mol. The van der Waals surface area contributed by atoms with Crippen LogP contribution in [0.5, 0.6) is 5.75 Å². The minimum absolute atomic E-state index is 0.0361. The molecule has 1 amide bonds. The van der Waals surface area contributed by atoms with E-state index < -0.39 is 0 Å². The average Bonchev–Trinajstić information content (AvgIpc) is 2.49. The van der Waals surface area contributed by atoms with E-state index in [9.17, 15) is 14.0 Å². The molecule has 1 heterocycles. The van der Waals surface area contributed by atoms with Gasteiger partial charge in [0.05, 0.1) is 6.20 Å². The minimum Gasteiger partial charge on any atom is -0.483 e. The number of ether oxygens (including phenoxy) is 1. The van der Waals surface area contributed by atoms with Crippen LogP contribution in [0.1, 0.15) is 25.1 Å². The number of aromatic nitrogens is 1. The Morgan fingerprint density at radius 3 is 2.71 bits per heavy atom. The van der Waals surface area contributed by atoms with Crippen molar-refractivity contribution in [2.45, 2.75) is 40.0 Å². The maximum absolute atomic E-state index is 13.6. The molecule has 0 aliphatic heterocycles. The molecule has 0 fully saturated rings. The number of amides is 1. The molecule has 0 radical (unpaired) electrons. The van der Waals surface area contributed by atoms with Gasteiger partial charge in [-0.15, -0.1) is 0 Å². The van der Waals surface area contributed by atoms with Crippen molar-refractivity contribution in [2.24, 2.45) is 0 Å². The van der Waals surface area contributed by atoms with Crippen LogP contribution in [0, 0.1) is 12.7 Å². The van der Waals surface area contributed by atoms with Crippen molar-refractivity contribution in [1.29, 1.82) is 0 Å². The van der Waals surface area contributed by atoms with Crippen molar-refractivity contribution in [3.63, 3.8) is 0 Å². The molecular formula is C18H21FN2O3. The Hall–Kier alpha value is -2.63. The number of aryl methyl sites for hydroxylation is 1. The van der Waals surface area contributed by atoms with Gasteiger partial charge in [-0.05, 0) is 26.8 Å². The van der Waals surface area contributed by atoms with E-state index in [2.05, 4.69) is 5.32 Å². The number of halogens is 1. The van der Waals surface area contributed by atoms with Crippen molar-refractivity contribution < 1.29 is 13.9 Å². The molecule has 0 atom stereocenters. The highest BCUT2D eigenvalue weighted by atomic mass is 19.1. The van der Waals surface area contributed by atoms with Crippen molar-refractivity contribution in [3.8, 4) is 5.75 Å². The van der Waals surface area contributed by atoms with Gasteiger partial charge < -0.3 is 14.6 Å². The van der Waals surface area contributed by atoms with Gasteiger partial charge in [0.1, 0.15) is 19.0 Å². The standard InChI is InChI=1S/C18H21FN2O3/c1-12(2)20-18(23)10-21-9-17(16(22)8-13(21)3)24-11-14-6-4-5-7-15(14)19/h4-9,12H,10-11H2,1-3H3,(H,20,23). The van der Waals surface area contributed by atoms with Gasteiger partial charge in [-0.25, -0.2) is 4.39 Å². The second-order valence-corrected chi connectivity index (χ2v) is 5.87. The third kappa shape index (κ3) is 4.68. The molecule has 128 valence electrons. The first-order chi connectivity index (χ1) is 11.4. The van der Waals surface area contributed by atoms with Gasteiger partial charge in [0.2, 0.25) is 11.3 Å². The Kier molecular flexibility index (Phi) is 5.73. The summed E-state index contributed by atoms with van der Waals surface area (Å²) in [6.07, 6.45) is 1.48. The first kappa shape index (κ1) is 17.7. The molecule has 0 spiro atoms. The topological polar surface area (TPSA) is 60.3 Å². The Balaban J connectivity index is 2.15. The lowest BCUT2D eigenvalue weighted by Crippen LogP contribution is -2.33. The molecule has 0 saturated heterocycles. The number of hydrogen-bond acceptors (Lipinski definition) is 3. The predicted molar refractivity (Wildman–Crippen MR) is 89.4 cm³/mol. The van der Waals surface area contributed by atoms with Crippen LogP contribution in [0.15, 0.2) is 41.3 Å². The number of nitrogens with one attached hydrogen (secondary N) is 1. The molecule has 2 aromatic rings. The second-order valence-electron chi connectivity index (χ2n) is 5.87. The van der Waals surface area contributed by atoms with Gasteiger partial charge in [-0.2, -0.15) is 0 Å². The molecule has 0 unspecified atom stereocenters. The number of nitrogens with zero attached hydrogens (tertiary/aromatic N) is 1. The molecule has 6 heteroatoms. The number of carbonyl (C=O) groups excluding carboxylic acids is 1. The number of carbonyl (C=O) groups is 1. The van der Waals surface area contributed by atoms with Gasteiger partial charge in [0.25, 0.3) is 0 Å². The third-order valence-electron chi connectivity index (χ3n) is 3.41. The molecule has 24 heavy (non-hydrogen) atoms. The normalized spacial score (nSPS) is 10.7. The third-order valence-corrected chi connectivity index (χ3v) is 3.41. The summed E-state index contributed by atoms with van der Waals surface area (Å²) in [6.45, 7) is 5.52. The van der Waals surface area contributed by atoms with E-state index in [0.29, 0.717) is 11.3 Å². The summed E-state index contributed by atoms with van der Waals surface area (Å²) in [5.74, 6) is -0.459. The average molecular weight is 332 g/mol. The summed E-state index contributed by atoms with van der Waals surface area (Å²) in [4.78, 5) is 23.9. The van der Waals surface area contributed by atoms with Crippen LogP contribution in [0.3, 0.4) is 0 Å². The lowest BCUT2D eigenvalue weighted by Gasteiger charge is -2.14. The fourth-order valence-electron chi connectivity index (χ4n) is 2.22. The largest absolute Gasteiger partial charge is 0.483 e. The van der Waals surface area contributed by atoms with Gasteiger partial charge >= 0.3 is 0 Å². The predicted octanol–water partition coefficient (Wildman–Crippen LogP) is 2.40. The fraction of sp³-hybridized carbons (Fsp3) is 0.333. The van der Waals surface area contributed by atoms with Gasteiger partial charge in [0, 0.05) is 23.4 Å². The van der Waals surface area contributed by atoms with Crippen molar-refractivity contribution in [3.05, 3.63) is 63.8 Å². The smallest absolute Gasteiger partial charge is 0.240 e. The highest BCUT2D eigenvalue weighted by Crippen LogP contribution is 2.12. The summed E-state index contributed by atoms with van der Waals surface area (Å²) in [5.41, 5.74) is 0.711. The van der Waals surface area contributed by atoms with Crippen LogP contribution in [0.4, 0.5) is 4.39 Å². The first-order valence-corrected chi connectivity index (χ1v) is 7.73. The Bertz CT molecular complexity index is 784. The van der Waals surface area contributed by atoms with E-state index >= 15 is 0 Å². The van der Waals surface area contributed by atoms with Crippen LogP contribution in [0.25, 0.3) is 0 Å². The van der Waals surface area contributed by atoms with Gasteiger partial charge in [-0.3, -0.25) is 9.59 Å². The number of rotatable bonds is 6. The Morgan fingerprint density at radius 2 is 2.04 bits per heavy atom. The van der Waals surface area contributed by atoms with Crippen LogP contribution < -0.4 is 15.5 Å². The summed E-state index contributed by atoms with van der Waals surface area (Å²) in [5, 5.41) is 2.79. The highest BCUT2D eigenvalue weighted by molar-refractivity contribution is 5.76. The molecule has 1 N–H and O–H groups in total. The number of benzene rings is 1. The molecule has 0 saturated carbocycles. The molecule has 2 rings (SSSR count).